The molecule has 0 unspecified atom stereocenters. The molecule has 1 aliphatic rings. The van der Waals surface area contributed by atoms with Gasteiger partial charge in [-0.05, 0) is 50.7 Å². The number of rotatable bonds is 15. The van der Waals surface area contributed by atoms with Gasteiger partial charge in [-0.2, -0.15) is 11.8 Å². The van der Waals surface area contributed by atoms with E-state index in [-0.39, 0.29) is 36.7 Å². The van der Waals surface area contributed by atoms with Gasteiger partial charge in [0.15, 0.2) is 0 Å². The number of nitrogens with one attached hydrogen (secondary N) is 4. The summed E-state index contributed by atoms with van der Waals surface area (Å²) in [6.07, 6.45) is 13.0. The lowest BCUT2D eigenvalue weighted by atomic mass is 10.0. The Bertz CT molecular complexity index is 649. The van der Waals surface area contributed by atoms with E-state index in [1.807, 2.05) is 6.26 Å². The fourth-order valence-electron chi connectivity index (χ4n) is 4.13. The van der Waals surface area contributed by atoms with Crippen LogP contribution in [-0.4, -0.2) is 66.9 Å². The number of hydrogen-bond acceptors (Lipinski definition) is 6. The van der Waals surface area contributed by atoms with Crippen molar-refractivity contribution in [2.45, 2.75) is 109 Å². The normalized spacial score (nSPS) is 22.2. The van der Waals surface area contributed by atoms with Gasteiger partial charge in [0.05, 0.1) is 6.54 Å². The smallest absolute Gasteiger partial charge is 0.243 e. The maximum atomic E-state index is 13.2. The van der Waals surface area contributed by atoms with Crippen molar-refractivity contribution in [2.75, 3.05) is 25.1 Å². The minimum absolute atomic E-state index is 0.109. The topological polar surface area (TPSA) is 142 Å². The summed E-state index contributed by atoms with van der Waals surface area (Å²) in [5, 5.41) is 11.2. The van der Waals surface area contributed by atoms with Crippen LogP contribution in [-0.2, 0) is 19.2 Å². The molecule has 0 aromatic carbocycles. The molecule has 35 heavy (non-hydrogen) atoms. The Balaban J connectivity index is 2.88. The lowest BCUT2D eigenvalue weighted by Gasteiger charge is -2.25. The molecule has 0 aromatic heterocycles. The summed E-state index contributed by atoms with van der Waals surface area (Å²) in [6.45, 7) is 2.49. The first-order chi connectivity index (χ1) is 16.9. The lowest BCUT2D eigenvalue weighted by molar-refractivity contribution is -0.132. The van der Waals surface area contributed by atoms with Gasteiger partial charge in [-0.1, -0.05) is 51.9 Å². The van der Waals surface area contributed by atoms with Crippen molar-refractivity contribution in [2.24, 2.45) is 5.73 Å². The van der Waals surface area contributed by atoms with Gasteiger partial charge in [0.25, 0.3) is 0 Å². The molecule has 0 aromatic rings. The Labute approximate surface area is 215 Å². The summed E-state index contributed by atoms with van der Waals surface area (Å²) in [4.78, 5) is 51.1. The Hall–Kier alpha value is -1.81. The van der Waals surface area contributed by atoms with Crippen LogP contribution in [0.3, 0.4) is 0 Å². The summed E-state index contributed by atoms with van der Waals surface area (Å²) in [5.74, 6) is -0.669. The van der Waals surface area contributed by atoms with Crippen LogP contribution in [0.2, 0.25) is 0 Å². The van der Waals surface area contributed by atoms with E-state index in [4.69, 9.17) is 5.73 Å². The molecule has 1 saturated heterocycles. The Morgan fingerprint density at radius 3 is 2.09 bits per heavy atom. The Kier molecular flexibility index (Phi) is 17.3. The molecule has 1 aliphatic heterocycles. The maximum Gasteiger partial charge on any atom is 0.243 e. The van der Waals surface area contributed by atoms with Crippen LogP contribution in [0.25, 0.3) is 0 Å². The first kappa shape index (κ1) is 31.2. The van der Waals surface area contributed by atoms with E-state index in [0.717, 1.165) is 25.7 Å². The van der Waals surface area contributed by atoms with Gasteiger partial charge >= 0.3 is 0 Å². The standard InChI is InChI=1S/C25H47N5O4S/c1-3-4-5-6-7-8-9-12-19-17-22(31)27-18-23(32)29-20(13-10-11-15-26)25(34)30-21(14-16-35-2)24(33)28-19/h19-21H,3-18,26H2,1-2H3,(H,27,31)(H,28,33)(H,29,32)(H,30,34)/t19-,20+,21+/m1/s1. The van der Waals surface area contributed by atoms with Crippen LogP contribution in [0, 0.1) is 0 Å². The maximum absolute atomic E-state index is 13.2. The third-order valence-electron chi connectivity index (χ3n) is 6.22. The van der Waals surface area contributed by atoms with E-state index in [1.165, 1.54) is 25.7 Å². The van der Waals surface area contributed by atoms with Crippen LogP contribution in [0.5, 0.6) is 0 Å². The third kappa shape index (κ3) is 14.4. The summed E-state index contributed by atoms with van der Waals surface area (Å²) in [6, 6.07) is -1.83. The van der Waals surface area contributed by atoms with Crippen molar-refractivity contribution in [1.82, 2.24) is 21.3 Å². The average Bonchev–Trinajstić information content (AvgIpc) is 2.83. The van der Waals surface area contributed by atoms with Crippen molar-refractivity contribution >= 4 is 35.4 Å². The molecule has 3 atom stereocenters. The van der Waals surface area contributed by atoms with Crippen LogP contribution >= 0.6 is 11.8 Å². The van der Waals surface area contributed by atoms with E-state index < -0.39 is 18.0 Å². The SMILES string of the molecule is CCCCCCCCC[C@@H]1CC(=O)NCC(=O)N[C@@H](CCCCN)C(=O)N[C@@H](CCSC)C(=O)N1. The van der Waals surface area contributed by atoms with Gasteiger partial charge in [-0.25, -0.2) is 0 Å². The second-order valence-electron chi connectivity index (χ2n) is 9.34. The highest BCUT2D eigenvalue weighted by atomic mass is 32.2. The molecule has 0 bridgehead atoms. The molecule has 0 saturated carbocycles. The van der Waals surface area contributed by atoms with E-state index in [0.29, 0.717) is 38.0 Å². The van der Waals surface area contributed by atoms with Gasteiger partial charge in [0.2, 0.25) is 23.6 Å². The third-order valence-corrected chi connectivity index (χ3v) is 6.87. The molecule has 0 aliphatic carbocycles. The second-order valence-corrected chi connectivity index (χ2v) is 10.3. The van der Waals surface area contributed by atoms with Crippen molar-refractivity contribution in [3.8, 4) is 0 Å². The largest absolute Gasteiger partial charge is 0.351 e. The highest BCUT2D eigenvalue weighted by Gasteiger charge is 2.29. The molecule has 0 spiro atoms. The predicted molar refractivity (Wildman–Crippen MR) is 142 cm³/mol. The molecule has 6 N–H and O–H groups in total. The molecule has 1 heterocycles. The number of thioether (sulfide) groups is 1. The highest BCUT2D eigenvalue weighted by Crippen LogP contribution is 2.13. The summed E-state index contributed by atoms with van der Waals surface area (Å²) >= 11 is 1.60. The highest BCUT2D eigenvalue weighted by molar-refractivity contribution is 7.98. The summed E-state index contributed by atoms with van der Waals surface area (Å²) in [7, 11) is 0. The van der Waals surface area contributed by atoms with Gasteiger partial charge < -0.3 is 27.0 Å². The number of unbranched alkanes of at least 4 members (excludes halogenated alkanes) is 7. The first-order valence-corrected chi connectivity index (χ1v) is 14.7. The monoisotopic (exact) mass is 513 g/mol. The molecule has 202 valence electrons. The number of carbonyl (C=O) groups excluding carboxylic acids is 4. The lowest BCUT2D eigenvalue weighted by Crippen LogP contribution is -2.55. The zero-order valence-electron chi connectivity index (χ0n) is 21.7. The van der Waals surface area contributed by atoms with E-state index in [1.54, 1.807) is 11.8 Å². The number of carbonyl (C=O) groups is 4. The van der Waals surface area contributed by atoms with Crippen LogP contribution in [0.4, 0.5) is 0 Å². The second kappa shape index (κ2) is 19.4. The van der Waals surface area contributed by atoms with E-state index in [2.05, 4.69) is 28.2 Å². The number of nitrogens with two attached hydrogens (primary N) is 1. The van der Waals surface area contributed by atoms with Crippen LogP contribution < -0.4 is 27.0 Å². The van der Waals surface area contributed by atoms with Gasteiger partial charge in [0, 0.05) is 12.5 Å². The quantitative estimate of drug-likeness (QED) is 0.212. The fraction of sp³-hybridized carbons (Fsp3) is 0.840. The predicted octanol–water partition coefficient (Wildman–Crippen LogP) is 1.98. The minimum atomic E-state index is -0.778. The Morgan fingerprint density at radius 2 is 1.40 bits per heavy atom. The van der Waals surface area contributed by atoms with E-state index in [9.17, 15) is 19.2 Å². The number of amides is 4. The summed E-state index contributed by atoms with van der Waals surface area (Å²) in [5.41, 5.74) is 5.57. The molecule has 10 heteroatoms. The molecular weight excluding hydrogens is 466 g/mol. The number of hydrogen-bond donors (Lipinski definition) is 5. The molecule has 0 radical (unpaired) electrons. The van der Waals surface area contributed by atoms with Gasteiger partial charge in [-0.15, -0.1) is 0 Å². The molecule has 9 nitrogen and oxygen atoms in total. The average molecular weight is 514 g/mol. The van der Waals surface area contributed by atoms with Crippen molar-refractivity contribution in [3.63, 3.8) is 0 Å². The zero-order valence-corrected chi connectivity index (χ0v) is 22.5. The zero-order chi connectivity index (χ0) is 25.9. The summed E-state index contributed by atoms with van der Waals surface area (Å²) < 4.78 is 0. The van der Waals surface area contributed by atoms with E-state index >= 15 is 0 Å². The molecule has 1 fully saturated rings. The Morgan fingerprint density at radius 1 is 0.771 bits per heavy atom. The fourth-order valence-corrected chi connectivity index (χ4v) is 4.60. The minimum Gasteiger partial charge on any atom is -0.351 e. The van der Waals surface area contributed by atoms with Crippen LogP contribution in [0.1, 0.15) is 90.4 Å². The van der Waals surface area contributed by atoms with Crippen LogP contribution in [0.15, 0.2) is 0 Å². The van der Waals surface area contributed by atoms with Crippen molar-refractivity contribution in [3.05, 3.63) is 0 Å². The molecular formula is C25H47N5O4S. The first-order valence-electron chi connectivity index (χ1n) is 13.3. The van der Waals surface area contributed by atoms with Crippen molar-refractivity contribution in [1.29, 1.82) is 0 Å². The van der Waals surface area contributed by atoms with Gasteiger partial charge in [0.1, 0.15) is 12.1 Å². The van der Waals surface area contributed by atoms with Crippen molar-refractivity contribution < 1.29 is 19.2 Å². The van der Waals surface area contributed by atoms with Gasteiger partial charge in [-0.3, -0.25) is 19.2 Å². The molecule has 4 amide bonds. The molecule has 1 rings (SSSR count).